The molecule has 1 saturated heterocycles. The van der Waals surface area contributed by atoms with Crippen molar-refractivity contribution >= 4 is 29.7 Å². The number of nitrogens with one attached hydrogen (secondary N) is 1. The third-order valence-corrected chi connectivity index (χ3v) is 4.12. The predicted molar refractivity (Wildman–Crippen MR) is 104 cm³/mol. The second-order valence-electron chi connectivity index (χ2n) is 6.08. The molecule has 0 spiro atoms. The number of nitrogens with zero attached hydrogens (tertiary/aromatic N) is 3. The zero-order valence-corrected chi connectivity index (χ0v) is 16.4. The van der Waals surface area contributed by atoms with E-state index in [0.29, 0.717) is 5.56 Å². The van der Waals surface area contributed by atoms with Crippen LogP contribution in [0.5, 0.6) is 17.4 Å². The van der Waals surface area contributed by atoms with Crippen molar-refractivity contribution < 1.29 is 33.5 Å². The number of methoxy groups -OCH3 is 2. The summed E-state index contributed by atoms with van der Waals surface area (Å²) in [5, 5.41) is 13.1. The molecule has 2 aromatic rings. The molecule has 12 heteroatoms. The monoisotopic (exact) mass is 428 g/mol. The minimum Gasteiger partial charge on any atom is -0.493 e. The summed E-state index contributed by atoms with van der Waals surface area (Å²) < 4.78 is 15.4. The lowest BCUT2D eigenvalue weighted by atomic mass is 10.1. The number of carbonyl (C=O) groups excluding carboxylic acids is 3. The van der Waals surface area contributed by atoms with Crippen LogP contribution in [0, 0.1) is 10.1 Å². The number of hydrogen-bond donors (Lipinski definition) is 1. The van der Waals surface area contributed by atoms with Crippen LogP contribution in [0.3, 0.4) is 0 Å². The average Bonchev–Trinajstić information content (AvgIpc) is 3.02. The van der Waals surface area contributed by atoms with E-state index < -0.39 is 29.4 Å². The van der Waals surface area contributed by atoms with E-state index in [1.807, 2.05) is 0 Å². The molecule has 0 bridgehead atoms. The fourth-order valence-corrected chi connectivity index (χ4v) is 2.59. The number of esters is 1. The first-order chi connectivity index (χ1) is 14.8. The summed E-state index contributed by atoms with van der Waals surface area (Å²) in [6.07, 6.45) is 2.48. The molecule has 12 nitrogen and oxygen atoms in total. The Balaban J connectivity index is 1.79. The van der Waals surface area contributed by atoms with E-state index in [0.717, 1.165) is 18.2 Å². The van der Waals surface area contributed by atoms with E-state index in [-0.39, 0.29) is 28.8 Å². The van der Waals surface area contributed by atoms with Gasteiger partial charge >= 0.3 is 12.0 Å². The Kier molecular flexibility index (Phi) is 6.10. The lowest BCUT2D eigenvalue weighted by molar-refractivity contribution is -0.385. The van der Waals surface area contributed by atoms with Gasteiger partial charge in [-0.15, -0.1) is 0 Å². The average molecular weight is 428 g/mol. The van der Waals surface area contributed by atoms with Crippen LogP contribution in [0.15, 0.2) is 42.2 Å². The first-order valence-corrected chi connectivity index (χ1v) is 8.70. The Morgan fingerprint density at radius 1 is 1.23 bits per heavy atom. The molecule has 1 N–H and O–H groups in total. The lowest BCUT2D eigenvalue weighted by Crippen LogP contribution is -2.36. The number of nitro groups is 1. The summed E-state index contributed by atoms with van der Waals surface area (Å²) in [5.74, 6) is -0.720. The van der Waals surface area contributed by atoms with Crippen LogP contribution in [0.25, 0.3) is 6.08 Å². The quantitative estimate of drug-likeness (QED) is 0.229. The Morgan fingerprint density at radius 3 is 2.61 bits per heavy atom. The van der Waals surface area contributed by atoms with E-state index in [4.69, 9.17) is 9.47 Å². The van der Waals surface area contributed by atoms with Crippen LogP contribution < -0.4 is 14.8 Å². The summed E-state index contributed by atoms with van der Waals surface area (Å²) in [4.78, 5) is 50.4. The molecule has 31 heavy (non-hydrogen) atoms. The number of imide groups is 1. The second-order valence-corrected chi connectivity index (χ2v) is 6.08. The van der Waals surface area contributed by atoms with Gasteiger partial charge in [0.15, 0.2) is 11.5 Å². The molecule has 1 aliphatic rings. The van der Waals surface area contributed by atoms with Crippen molar-refractivity contribution in [3.63, 3.8) is 0 Å². The molecule has 1 aromatic heterocycles. The van der Waals surface area contributed by atoms with Crippen molar-refractivity contribution in [1.29, 1.82) is 0 Å². The zero-order valence-electron chi connectivity index (χ0n) is 16.4. The molecule has 1 aromatic carbocycles. The number of benzene rings is 1. The van der Waals surface area contributed by atoms with E-state index >= 15 is 0 Å². The van der Waals surface area contributed by atoms with Gasteiger partial charge in [-0.2, -0.15) is 0 Å². The molecule has 3 amide bonds. The van der Waals surface area contributed by atoms with Crippen molar-refractivity contribution in [3.8, 4) is 17.4 Å². The molecular formula is C19H16N4O8. The SMILES string of the molecule is COC(=O)CN1C(=O)NC(=Cc2ccc(Oc3ccc([N+](=O)[O-])cn3)c(OC)c2)C1=O. The van der Waals surface area contributed by atoms with E-state index in [9.17, 15) is 24.5 Å². The number of pyridine rings is 1. The highest BCUT2D eigenvalue weighted by Gasteiger charge is 2.35. The summed E-state index contributed by atoms with van der Waals surface area (Å²) in [6, 6.07) is 6.55. The lowest BCUT2D eigenvalue weighted by Gasteiger charge is -2.10. The highest BCUT2D eigenvalue weighted by atomic mass is 16.6. The van der Waals surface area contributed by atoms with Gasteiger partial charge in [0.2, 0.25) is 5.88 Å². The predicted octanol–water partition coefficient (Wildman–Crippen LogP) is 1.86. The van der Waals surface area contributed by atoms with Crippen LogP contribution in [-0.4, -0.2) is 53.5 Å². The summed E-state index contributed by atoms with van der Waals surface area (Å²) >= 11 is 0. The standard InChI is InChI=1S/C19H16N4O8/c1-29-15-8-11(7-13-18(25)22(19(26)21-13)10-17(24)30-2)3-5-14(15)31-16-6-4-12(9-20-16)23(27)28/h3-9H,10H2,1-2H3,(H,21,26). The molecule has 0 radical (unpaired) electrons. The van der Waals surface area contributed by atoms with Gasteiger partial charge in [0, 0.05) is 12.1 Å². The Labute approximate surface area is 175 Å². The van der Waals surface area contributed by atoms with E-state index in [1.165, 1.54) is 25.3 Å². The second kappa shape index (κ2) is 8.90. The van der Waals surface area contributed by atoms with Gasteiger partial charge < -0.3 is 19.5 Å². The summed E-state index contributed by atoms with van der Waals surface area (Å²) in [6.45, 7) is -0.503. The third kappa shape index (κ3) is 4.75. The topological polar surface area (TPSA) is 150 Å². The van der Waals surface area contributed by atoms with Gasteiger partial charge in [-0.25, -0.2) is 14.7 Å². The fourth-order valence-electron chi connectivity index (χ4n) is 2.59. The van der Waals surface area contributed by atoms with Crippen LogP contribution in [0.1, 0.15) is 5.56 Å². The number of rotatable bonds is 7. The number of urea groups is 1. The molecule has 0 saturated carbocycles. The summed E-state index contributed by atoms with van der Waals surface area (Å²) in [5.41, 5.74) is 0.303. The first kappa shape index (κ1) is 21.2. The van der Waals surface area contributed by atoms with Crippen LogP contribution >= 0.6 is 0 Å². The maximum atomic E-state index is 12.4. The van der Waals surface area contributed by atoms with E-state index in [1.54, 1.807) is 18.2 Å². The highest BCUT2D eigenvalue weighted by Crippen LogP contribution is 2.32. The Bertz CT molecular complexity index is 1080. The van der Waals surface area contributed by atoms with Gasteiger partial charge in [0.25, 0.3) is 11.6 Å². The molecule has 160 valence electrons. The number of hydrogen-bond acceptors (Lipinski definition) is 9. The van der Waals surface area contributed by atoms with Crippen molar-refractivity contribution in [3.05, 3.63) is 57.9 Å². The minimum atomic E-state index is -0.738. The normalized spacial score (nSPS) is 14.4. The van der Waals surface area contributed by atoms with Crippen molar-refractivity contribution in [2.24, 2.45) is 0 Å². The number of aromatic nitrogens is 1. The number of amides is 3. The maximum absolute atomic E-state index is 12.4. The largest absolute Gasteiger partial charge is 0.493 e. The Morgan fingerprint density at radius 2 is 2.00 bits per heavy atom. The van der Waals surface area contributed by atoms with Gasteiger partial charge in [0.1, 0.15) is 18.4 Å². The Hall–Kier alpha value is -4.48. The molecule has 0 unspecified atom stereocenters. The highest BCUT2D eigenvalue weighted by molar-refractivity contribution is 6.15. The minimum absolute atomic E-state index is 0.0262. The molecule has 0 aliphatic carbocycles. The van der Waals surface area contributed by atoms with Crippen molar-refractivity contribution in [2.75, 3.05) is 20.8 Å². The van der Waals surface area contributed by atoms with Crippen LogP contribution in [0.2, 0.25) is 0 Å². The van der Waals surface area contributed by atoms with E-state index in [2.05, 4.69) is 15.0 Å². The van der Waals surface area contributed by atoms with Gasteiger partial charge in [-0.3, -0.25) is 19.7 Å². The number of carbonyl (C=O) groups is 3. The molecule has 0 atom stereocenters. The van der Waals surface area contributed by atoms with Crippen LogP contribution in [-0.2, 0) is 14.3 Å². The summed E-state index contributed by atoms with van der Waals surface area (Å²) in [7, 11) is 2.56. The van der Waals surface area contributed by atoms with Gasteiger partial charge in [-0.1, -0.05) is 6.07 Å². The maximum Gasteiger partial charge on any atom is 0.329 e. The smallest absolute Gasteiger partial charge is 0.329 e. The molecule has 1 fully saturated rings. The number of ether oxygens (including phenoxy) is 3. The van der Waals surface area contributed by atoms with Gasteiger partial charge in [0.05, 0.1) is 19.1 Å². The zero-order chi connectivity index (χ0) is 22.5. The molecule has 1 aliphatic heterocycles. The third-order valence-electron chi connectivity index (χ3n) is 4.12. The molecular weight excluding hydrogens is 412 g/mol. The molecule has 3 rings (SSSR count). The van der Waals surface area contributed by atoms with Crippen molar-refractivity contribution in [1.82, 2.24) is 15.2 Å². The molecule has 2 heterocycles. The van der Waals surface area contributed by atoms with Crippen molar-refractivity contribution in [2.45, 2.75) is 0 Å². The van der Waals surface area contributed by atoms with Crippen LogP contribution in [0.4, 0.5) is 10.5 Å². The fraction of sp³-hybridized carbons (Fsp3) is 0.158. The first-order valence-electron chi connectivity index (χ1n) is 8.70. The van der Waals surface area contributed by atoms with Gasteiger partial charge in [-0.05, 0) is 23.8 Å².